The highest BCUT2D eigenvalue weighted by Crippen LogP contribution is 2.40. The number of aromatic nitrogens is 1. The molecule has 2 fully saturated rings. The van der Waals surface area contributed by atoms with Gasteiger partial charge in [-0.2, -0.15) is 10.2 Å². The molecule has 1 aromatic heterocycles. The van der Waals surface area contributed by atoms with Crippen LogP contribution in [0, 0.1) is 22.7 Å². The lowest BCUT2D eigenvalue weighted by Crippen LogP contribution is -2.57. The van der Waals surface area contributed by atoms with Crippen LogP contribution in [-0.2, 0) is 4.79 Å². The molecule has 1 amide bonds. The Morgan fingerprint density at radius 1 is 1.22 bits per heavy atom. The smallest absolute Gasteiger partial charge is 0.408 e. The second-order valence-corrected chi connectivity index (χ2v) is 11.4. The summed E-state index contributed by atoms with van der Waals surface area (Å²) >= 11 is 0. The predicted octanol–water partition coefficient (Wildman–Crippen LogP) is 4.46. The fourth-order valence-corrected chi connectivity index (χ4v) is 5.62. The maximum Gasteiger partial charge on any atom is 0.441 e. The Labute approximate surface area is 213 Å². The highest BCUT2D eigenvalue weighted by Gasteiger charge is 2.39. The molecule has 36 heavy (non-hydrogen) atoms. The van der Waals surface area contributed by atoms with E-state index in [1.807, 2.05) is 12.1 Å². The third-order valence-electron chi connectivity index (χ3n) is 8.02. The molecule has 0 spiro atoms. The van der Waals surface area contributed by atoms with Gasteiger partial charge in [0.05, 0.1) is 11.5 Å². The van der Waals surface area contributed by atoms with Crippen LogP contribution in [0.1, 0.15) is 72.1 Å². The number of benzene rings is 1. The number of likely N-dealkylation sites (tertiary alicyclic amines) is 1. The third kappa shape index (κ3) is 6.25. The third-order valence-corrected chi connectivity index (χ3v) is 8.02. The number of piperidine rings is 1. The van der Waals surface area contributed by atoms with E-state index in [9.17, 15) is 14.9 Å². The van der Waals surface area contributed by atoms with Crippen LogP contribution in [0.3, 0.4) is 0 Å². The van der Waals surface area contributed by atoms with E-state index in [4.69, 9.17) is 4.42 Å². The van der Waals surface area contributed by atoms with Crippen LogP contribution in [0.15, 0.2) is 33.5 Å². The summed E-state index contributed by atoms with van der Waals surface area (Å²) in [6.45, 7) is 9.34. The topological polar surface area (TPSA) is 111 Å². The van der Waals surface area contributed by atoms with E-state index in [0.717, 1.165) is 51.7 Å². The molecule has 4 rings (SSSR count). The van der Waals surface area contributed by atoms with Gasteiger partial charge in [0, 0.05) is 13.1 Å². The van der Waals surface area contributed by atoms with E-state index in [1.165, 1.54) is 0 Å². The molecule has 8 heteroatoms. The normalized spacial score (nSPS) is 20.9. The average Bonchev–Trinajstić information content (AvgIpc) is 2.86. The molecule has 1 saturated carbocycles. The summed E-state index contributed by atoms with van der Waals surface area (Å²) in [6, 6.07) is 9.00. The first kappa shape index (κ1) is 26.2. The van der Waals surface area contributed by atoms with Gasteiger partial charge in [-0.1, -0.05) is 32.9 Å². The molecule has 1 aliphatic carbocycles. The number of nitriles is 1. The van der Waals surface area contributed by atoms with Gasteiger partial charge >= 0.3 is 5.76 Å². The first-order chi connectivity index (χ1) is 17.2. The first-order valence-corrected chi connectivity index (χ1v) is 13.3. The van der Waals surface area contributed by atoms with Gasteiger partial charge in [0.15, 0.2) is 0 Å². The molecule has 2 N–H and O–H groups in total. The summed E-state index contributed by atoms with van der Waals surface area (Å²) in [5.74, 6) is -0.171. The van der Waals surface area contributed by atoms with Gasteiger partial charge in [0.2, 0.25) is 5.91 Å². The number of nitrogens with zero attached hydrogens (tertiary/aromatic N) is 3. The molecule has 0 radical (unpaired) electrons. The summed E-state index contributed by atoms with van der Waals surface area (Å²) in [7, 11) is 0. The van der Waals surface area contributed by atoms with E-state index in [-0.39, 0.29) is 5.91 Å². The van der Waals surface area contributed by atoms with Gasteiger partial charge in [-0.25, -0.2) is 4.79 Å². The standard InChI is InChI=1S/C28H39N5O3/c1-4-15-33-16-13-28(19-29,14-17-33)32-25(34)22(18-20-9-11-27(2,3)12-10-20)30-24-21-7-5-6-8-23(21)36-26(35)31-24/h5-8,20,22H,4,9-18H2,1-3H3,(H,32,34)(H,30,31,35). The van der Waals surface area contributed by atoms with Crippen LogP contribution in [0.4, 0.5) is 5.82 Å². The fraction of sp³-hybridized carbons (Fsp3) is 0.643. The van der Waals surface area contributed by atoms with Crippen molar-refractivity contribution in [3.63, 3.8) is 0 Å². The zero-order valence-corrected chi connectivity index (χ0v) is 21.8. The van der Waals surface area contributed by atoms with Crippen molar-refractivity contribution >= 4 is 22.7 Å². The van der Waals surface area contributed by atoms with Crippen LogP contribution >= 0.6 is 0 Å². The molecule has 0 bridgehead atoms. The Hall–Kier alpha value is -2.92. The van der Waals surface area contributed by atoms with Crippen molar-refractivity contribution in [2.45, 2.75) is 83.7 Å². The monoisotopic (exact) mass is 493 g/mol. The van der Waals surface area contributed by atoms with Crippen LogP contribution in [-0.4, -0.2) is 47.0 Å². The van der Waals surface area contributed by atoms with E-state index in [1.54, 1.807) is 12.1 Å². The lowest BCUT2D eigenvalue weighted by atomic mass is 9.71. The lowest BCUT2D eigenvalue weighted by molar-refractivity contribution is -0.124. The summed E-state index contributed by atoms with van der Waals surface area (Å²) in [5.41, 5.74) is -0.119. The molecule has 2 heterocycles. The molecule has 1 aromatic carbocycles. The maximum atomic E-state index is 13.7. The highest BCUT2D eigenvalue weighted by atomic mass is 16.4. The number of hydrogen-bond acceptors (Lipinski definition) is 7. The van der Waals surface area contributed by atoms with Crippen molar-refractivity contribution < 1.29 is 9.21 Å². The molecule has 1 saturated heterocycles. The lowest BCUT2D eigenvalue weighted by Gasteiger charge is -2.39. The molecule has 8 nitrogen and oxygen atoms in total. The van der Waals surface area contributed by atoms with Crippen LogP contribution in [0.5, 0.6) is 0 Å². The van der Waals surface area contributed by atoms with Gasteiger partial charge in [0.25, 0.3) is 0 Å². The van der Waals surface area contributed by atoms with Gasteiger partial charge in [-0.15, -0.1) is 0 Å². The molecule has 194 valence electrons. The predicted molar refractivity (Wildman–Crippen MR) is 140 cm³/mol. The Bertz CT molecular complexity index is 1150. The molecule has 1 atom stereocenters. The number of nitrogens with one attached hydrogen (secondary N) is 2. The number of rotatable bonds is 8. The van der Waals surface area contributed by atoms with E-state index < -0.39 is 17.3 Å². The number of anilines is 1. The molecular formula is C28H39N5O3. The molecule has 2 aromatic rings. The zero-order chi connectivity index (χ0) is 25.8. The van der Waals surface area contributed by atoms with Gasteiger partial charge in [0.1, 0.15) is 23.0 Å². The van der Waals surface area contributed by atoms with Crippen molar-refractivity contribution in [3.05, 3.63) is 34.8 Å². The van der Waals surface area contributed by atoms with Crippen LogP contribution in [0.25, 0.3) is 11.0 Å². The second-order valence-electron chi connectivity index (χ2n) is 11.4. The van der Waals surface area contributed by atoms with Crippen molar-refractivity contribution in [3.8, 4) is 6.07 Å². The molecule has 2 aliphatic rings. The number of carbonyl (C=O) groups is 1. The number of amides is 1. The fourth-order valence-electron chi connectivity index (χ4n) is 5.62. The van der Waals surface area contributed by atoms with E-state index in [2.05, 4.69) is 47.4 Å². The average molecular weight is 494 g/mol. The van der Waals surface area contributed by atoms with Gasteiger partial charge in [-0.3, -0.25) is 4.79 Å². The van der Waals surface area contributed by atoms with Crippen molar-refractivity contribution in [2.75, 3.05) is 25.0 Å². The van der Waals surface area contributed by atoms with Crippen LogP contribution in [0.2, 0.25) is 0 Å². The second kappa shape index (κ2) is 11.0. The zero-order valence-electron chi connectivity index (χ0n) is 21.8. The Balaban J connectivity index is 1.56. The van der Waals surface area contributed by atoms with Gasteiger partial charge in [-0.05, 0) is 81.4 Å². The highest BCUT2D eigenvalue weighted by molar-refractivity contribution is 5.91. The molecule has 1 aliphatic heterocycles. The summed E-state index contributed by atoms with van der Waals surface area (Å²) in [4.78, 5) is 32.3. The van der Waals surface area contributed by atoms with Crippen molar-refractivity contribution in [1.29, 1.82) is 5.26 Å². The van der Waals surface area contributed by atoms with E-state index >= 15 is 0 Å². The van der Waals surface area contributed by atoms with Gasteiger partial charge < -0.3 is 20.0 Å². The number of carbonyl (C=O) groups excluding carboxylic acids is 1. The minimum absolute atomic E-state index is 0.204. The SMILES string of the molecule is CCCN1CCC(C#N)(NC(=O)C(CC2CCC(C)(C)CC2)Nc2nc(=O)oc3ccccc23)CC1. The van der Waals surface area contributed by atoms with Crippen molar-refractivity contribution in [2.24, 2.45) is 11.3 Å². The number of para-hydroxylation sites is 1. The van der Waals surface area contributed by atoms with Crippen molar-refractivity contribution in [1.82, 2.24) is 15.2 Å². The molecular weight excluding hydrogens is 454 g/mol. The Morgan fingerprint density at radius 3 is 2.58 bits per heavy atom. The Kier molecular flexibility index (Phi) is 7.99. The minimum Gasteiger partial charge on any atom is -0.408 e. The Morgan fingerprint density at radius 2 is 1.92 bits per heavy atom. The number of hydrogen-bond donors (Lipinski definition) is 2. The largest absolute Gasteiger partial charge is 0.441 e. The minimum atomic E-state index is -0.874. The maximum absolute atomic E-state index is 13.7. The molecule has 1 unspecified atom stereocenters. The van der Waals surface area contributed by atoms with E-state index in [0.29, 0.717) is 47.4 Å². The summed E-state index contributed by atoms with van der Waals surface area (Å²) in [6.07, 6.45) is 7.27. The quantitative estimate of drug-likeness (QED) is 0.558. The van der Waals surface area contributed by atoms with Crippen LogP contribution < -0.4 is 16.4 Å². The summed E-state index contributed by atoms with van der Waals surface area (Å²) < 4.78 is 5.25. The first-order valence-electron chi connectivity index (χ1n) is 13.3. The number of fused-ring (bicyclic) bond motifs is 1. The summed E-state index contributed by atoms with van der Waals surface area (Å²) in [5, 5.41) is 17.1.